The molecule has 0 radical (unpaired) electrons. The van der Waals surface area contributed by atoms with E-state index in [1.807, 2.05) is 25.1 Å². The molecule has 0 atom stereocenters. The number of nitrogens with zero attached hydrogens (tertiary/aromatic N) is 5. The minimum absolute atomic E-state index is 0.0917. The number of nitrogens with one attached hydrogen (secondary N) is 2. The van der Waals surface area contributed by atoms with Gasteiger partial charge in [0.15, 0.2) is 0 Å². The maximum atomic E-state index is 12.3. The summed E-state index contributed by atoms with van der Waals surface area (Å²) >= 11 is 0. The number of amides is 1. The highest BCUT2D eigenvalue weighted by molar-refractivity contribution is 5.90. The number of aromatic nitrogens is 4. The zero-order valence-electron chi connectivity index (χ0n) is 18.3. The second-order valence-corrected chi connectivity index (χ2v) is 7.99. The predicted octanol–water partition coefficient (Wildman–Crippen LogP) is 3.02. The fourth-order valence-electron chi connectivity index (χ4n) is 3.63. The van der Waals surface area contributed by atoms with Gasteiger partial charge in [-0.25, -0.2) is 9.97 Å². The van der Waals surface area contributed by atoms with Gasteiger partial charge < -0.3 is 15.5 Å². The Balaban J connectivity index is 1.39. The molecule has 0 bridgehead atoms. The molecule has 1 saturated heterocycles. The van der Waals surface area contributed by atoms with Crippen LogP contribution in [0.2, 0.25) is 0 Å². The van der Waals surface area contributed by atoms with Gasteiger partial charge in [0.25, 0.3) is 5.56 Å². The maximum Gasteiger partial charge on any atom is 0.253 e. The van der Waals surface area contributed by atoms with Crippen LogP contribution in [-0.2, 0) is 11.3 Å². The molecule has 9 nitrogen and oxygen atoms in total. The van der Waals surface area contributed by atoms with Crippen molar-refractivity contribution in [3.8, 4) is 0 Å². The van der Waals surface area contributed by atoms with Crippen molar-refractivity contribution in [1.29, 1.82) is 0 Å². The van der Waals surface area contributed by atoms with Gasteiger partial charge in [-0.2, -0.15) is 4.98 Å². The standard InChI is InChI=1S/C23H27N7O2/c1-16-13-22(32)30(15-24-16)14-21(31)27-19-8-6-18(7-9-19)26-20-12-17(2)25-23(28-20)29-10-4-3-5-11-29/h6-9,12-13,15H,3-5,10-11,14H2,1-2H3,(H,27,31)(H,25,26,28). The summed E-state index contributed by atoms with van der Waals surface area (Å²) in [4.78, 5) is 39.8. The van der Waals surface area contributed by atoms with E-state index in [9.17, 15) is 9.59 Å². The number of piperidine rings is 1. The van der Waals surface area contributed by atoms with Crippen molar-refractivity contribution in [2.45, 2.75) is 39.7 Å². The van der Waals surface area contributed by atoms with E-state index in [4.69, 9.17) is 0 Å². The van der Waals surface area contributed by atoms with E-state index in [0.29, 0.717) is 11.4 Å². The average Bonchev–Trinajstić information content (AvgIpc) is 2.77. The van der Waals surface area contributed by atoms with E-state index >= 15 is 0 Å². The largest absolute Gasteiger partial charge is 0.341 e. The molecule has 9 heteroatoms. The second-order valence-electron chi connectivity index (χ2n) is 7.99. The predicted molar refractivity (Wildman–Crippen MR) is 124 cm³/mol. The number of benzene rings is 1. The Morgan fingerprint density at radius 3 is 2.41 bits per heavy atom. The van der Waals surface area contributed by atoms with Crippen LogP contribution < -0.4 is 21.1 Å². The normalized spacial score (nSPS) is 13.6. The van der Waals surface area contributed by atoms with Gasteiger partial charge in [-0.05, 0) is 57.4 Å². The Hall–Kier alpha value is -3.75. The molecule has 1 aromatic carbocycles. The van der Waals surface area contributed by atoms with E-state index in [-0.39, 0.29) is 18.0 Å². The quantitative estimate of drug-likeness (QED) is 0.616. The maximum absolute atomic E-state index is 12.3. The molecule has 2 N–H and O–H groups in total. The van der Waals surface area contributed by atoms with Crippen LogP contribution in [-0.4, -0.2) is 38.5 Å². The molecule has 2 aromatic heterocycles. The van der Waals surface area contributed by atoms with E-state index in [2.05, 4.69) is 30.5 Å². The summed E-state index contributed by atoms with van der Waals surface area (Å²) in [5.74, 6) is 1.20. The molecule has 0 aliphatic carbocycles. The molecule has 3 aromatic rings. The van der Waals surface area contributed by atoms with Crippen molar-refractivity contribution in [3.05, 3.63) is 64.5 Å². The van der Waals surface area contributed by atoms with Gasteiger partial charge in [-0.15, -0.1) is 0 Å². The fraction of sp³-hybridized carbons (Fsp3) is 0.348. The van der Waals surface area contributed by atoms with Crippen LogP contribution in [0.15, 0.2) is 47.5 Å². The number of hydrogen-bond acceptors (Lipinski definition) is 7. The molecule has 3 heterocycles. The van der Waals surface area contributed by atoms with E-state index < -0.39 is 0 Å². The zero-order chi connectivity index (χ0) is 22.5. The van der Waals surface area contributed by atoms with Gasteiger partial charge in [0.05, 0.1) is 6.33 Å². The Morgan fingerprint density at radius 2 is 1.69 bits per heavy atom. The summed E-state index contributed by atoms with van der Waals surface area (Å²) in [6.45, 7) is 5.59. The summed E-state index contributed by atoms with van der Waals surface area (Å²) < 4.78 is 1.27. The molecular formula is C23H27N7O2. The summed E-state index contributed by atoms with van der Waals surface area (Å²) in [6.07, 6.45) is 4.98. The smallest absolute Gasteiger partial charge is 0.253 e. The number of anilines is 4. The average molecular weight is 434 g/mol. The molecular weight excluding hydrogens is 406 g/mol. The van der Waals surface area contributed by atoms with Gasteiger partial charge in [0.2, 0.25) is 11.9 Å². The number of carbonyl (C=O) groups excluding carboxylic acids is 1. The minimum atomic E-state index is -0.295. The molecule has 0 saturated carbocycles. The first kappa shape index (κ1) is 21.5. The third-order valence-electron chi connectivity index (χ3n) is 5.25. The highest BCUT2D eigenvalue weighted by Gasteiger charge is 2.15. The van der Waals surface area contributed by atoms with Crippen molar-refractivity contribution < 1.29 is 4.79 Å². The summed E-state index contributed by atoms with van der Waals surface area (Å²) in [5, 5.41) is 6.11. The topological polar surface area (TPSA) is 105 Å². The van der Waals surface area contributed by atoms with Gasteiger partial charge in [-0.3, -0.25) is 14.2 Å². The van der Waals surface area contributed by atoms with Crippen LogP contribution in [0, 0.1) is 13.8 Å². The Kier molecular flexibility index (Phi) is 6.44. The van der Waals surface area contributed by atoms with Crippen LogP contribution in [0.1, 0.15) is 30.7 Å². The molecule has 0 spiro atoms. The van der Waals surface area contributed by atoms with Gasteiger partial charge >= 0.3 is 0 Å². The molecule has 1 amide bonds. The first-order valence-corrected chi connectivity index (χ1v) is 10.8. The molecule has 166 valence electrons. The lowest BCUT2D eigenvalue weighted by Gasteiger charge is -2.27. The second kappa shape index (κ2) is 9.59. The summed E-state index contributed by atoms with van der Waals surface area (Å²) in [5.41, 5.74) is 2.77. The lowest BCUT2D eigenvalue weighted by Crippen LogP contribution is -2.31. The summed E-state index contributed by atoms with van der Waals surface area (Å²) in [6, 6.07) is 10.7. The highest BCUT2D eigenvalue weighted by atomic mass is 16.2. The Bertz CT molecular complexity index is 1150. The Morgan fingerprint density at radius 1 is 0.969 bits per heavy atom. The minimum Gasteiger partial charge on any atom is -0.341 e. The number of hydrogen-bond donors (Lipinski definition) is 2. The van der Waals surface area contributed by atoms with Crippen LogP contribution in [0.25, 0.3) is 0 Å². The van der Waals surface area contributed by atoms with Crippen molar-refractivity contribution in [1.82, 2.24) is 19.5 Å². The van der Waals surface area contributed by atoms with Gasteiger partial charge in [0.1, 0.15) is 12.4 Å². The van der Waals surface area contributed by atoms with Crippen LogP contribution in [0.3, 0.4) is 0 Å². The third kappa shape index (κ3) is 5.48. The van der Waals surface area contributed by atoms with Crippen LogP contribution in [0.5, 0.6) is 0 Å². The lowest BCUT2D eigenvalue weighted by molar-refractivity contribution is -0.116. The molecule has 1 aliphatic rings. The first-order chi connectivity index (χ1) is 15.5. The number of aryl methyl sites for hydroxylation is 2. The molecule has 1 aliphatic heterocycles. The van der Waals surface area contributed by atoms with Crippen LogP contribution in [0.4, 0.5) is 23.1 Å². The van der Waals surface area contributed by atoms with E-state index in [1.165, 1.54) is 36.2 Å². The Labute approximate surface area is 186 Å². The van der Waals surface area contributed by atoms with Crippen molar-refractivity contribution in [2.24, 2.45) is 0 Å². The number of carbonyl (C=O) groups is 1. The van der Waals surface area contributed by atoms with E-state index in [0.717, 1.165) is 36.2 Å². The van der Waals surface area contributed by atoms with Crippen molar-refractivity contribution in [2.75, 3.05) is 28.6 Å². The molecule has 0 unspecified atom stereocenters. The summed E-state index contributed by atoms with van der Waals surface area (Å²) in [7, 11) is 0. The zero-order valence-corrected chi connectivity index (χ0v) is 18.3. The molecule has 4 rings (SSSR count). The molecule has 1 fully saturated rings. The van der Waals surface area contributed by atoms with E-state index in [1.54, 1.807) is 19.1 Å². The molecule has 32 heavy (non-hydrogen) atoms. The first-order valence-electron chi connectivity index (χ1n) is 10.8. The fourth-order valence-corrected chi connectivity index (χ4v) is 3.63. The van der Waals surface area contributed by atoms with Crippen molar-refractivity contribution in [3.63, 3.8) is 0 Å². The van der Waals surface area contributed by atoms with Gasteiger partial charge in [-0.1, -0.05) is 0 Å². The monoisotopic (exact) mass is 433 g/mol. The lowest BCUT2D eigenvalue weighted by atomic mass is 10.1. The van der Waals surface area contributed by atoms with Crippen molar-refractivity contribution >= 4 is 29.0 Å². The number of rotatable bonds is 6. The third-order valence-corrected chi connectivity index (χ3v) is 5.25. The SMILES string of the molecule is Cc1cc(=O)n(CC(=O)Nc2ccc(Nc3cc(C)nc(N4CCCCC4)n3)cc2)cn1. The van der Waals surface area contributed by atoms with Crippen LogP contribution >= 0.6 is 0 Å². The highest BCUT2D eigenvalue weighted by Crippen LogP contribution is 2.22. The van der Waals surface area contributed by atoms with Gasteiger partial charge in [0, 0.05) is 48.0 Å².